The number of likely N-dealkylation sites (tertiary alicyclic amines) is 1. The van der Waals surface area contributed by atoms with E-state index in [1.165, 1.54) is 12.1 Å². The van der Waals surface area contributed by atoms with Gasteiger partial charge in [0.05, 0.1) is 18.4 Å². The number of aromatic nitrogens is 2. The molecule has 1 fully saturated rings. The highest BCUT2D eigenvalue weighted by Crippen LogP contribution is 2.43. The predicted octanol–water partition coefficient (Wildman–Crippen LogP) is 6.50. The standard InChI is InChI=1S/C29H34F3N5O/c1-17(2)37-16-29(3,4)38-27-23(31)12-19(13-25(27)37)26-24(32)15-33-28(35-26)34-20-6-7-21(22(30)14-20)18-8-10-36(5)11-9-18/h6-7,12-15,17-18H,8-11,16H2,1-5H3,(H,33,34,35). The Morgan fingerprint density at radius 1 is 1.03 bits per heavy atom. The Morgan fingerprint density at radius 2 is 1.76 bits per heavy atom. The van der Waals surface area contributed by atoms with E-state index in [0.717, 1.165) is 32.1 Å². The molecule has 0 atom stereocenters. The molecule has 3 aromatic rings. The van der Waals surface area contributed by atoms with Gasteiger partial charge in [-0.1, -0.05) is 6.07 Å². The van der Waals surface area contributed by atoms with Crippen molar-refractivity contribution in [3.05, 3.63) is 59.5 Å². The summed E-state index contributed by atoms with van der Waals surface area (Å²) in [5.41, 5.74) is 1.34. The van der Waals surface area contributed by atoms with Gasteiger partial charge in [0.2, 0.25) is 5.95 Å². The molecule has 1 saturated heterocycles. The van der Waals surface area contributed by atoms with Crippen molar-refractivity contribution in [2.24, 2.45) is 0 Å². The topological polar surface area (TPSA) is 53.5 Å². The minimum absolute atomic E-state index is 0.0545. The molecule has 2 aliphatic heterocycles. The third-order valence-electron chi connectivity index (χ3n) is 7.32. The highest BCUT2D eigenvalue weighted by molar-refractivity contribution is 5.73. The van der Waals surface area contributed by atoms with Crippen molar-refractivity contribution in [2.75, 3.05) is 36.9 Å². The van der Waals surface area contributed by atoms with Gasteiger partial charge in [-0.2, -0.15) is 0 Å². The summed E-state index contributed by atoms with van der Waals surface area (Å²) in [6, 6.07) is 7.98. The van der Waals surface area contributed by atoms with Crippen LogP contribution in [0.2, 0.25) is 0 Å². The van der Waals surface area contributed by atoms with Crippen LogP contribution >= 0.6 is 0 Å². The number of anilines is 3. The summed E-state index contributed by atoms with van der Waals surface area (Å²) in [5.74, 6) is -1.15. The molecule has 5 rings (SSSR count). The quantitative estimate of drug-likeness (QED) is 0.411. The normalized spacial score (nSPS) is 17.9. The Morgan fingerprint density at radius 3 is 2.45 bits per heavy atom. The van der Waals surface area contributed by atoms with Crippen LogP contribution in [-0.4, -0.2) is 53.2 Å². The number of fused-ring (bicyclic) bond motifs is 1. The van der Waals surface area contributed by atoms with Gasteiger partial charge in [-0.25, -0.2) is 23.1 Å². The van der Waals surface area contributed by atoms with E-state index in [0.29, 0.717) is 23.5 Å². The Hall–Kier alpha value is -3.33. The van der Waals surface area contributed by atoms with Crippen molar-refractivity contribution < 1.29 is 17.9 Å². The summed E-state index contributed by atoms with van der Waals surface area (Å²) in [7, 11) is 2.07. The summed E-state index contributed by atoms with van der Waals surface area (Å²) in [6.07, 6.45) is 2.86. The molecule has 0 bridgehead atoms. The van der Waals surface area contributed by atoms with Crippen molar-refractivity contribution in [1.82, 2.24) is 14.9 Å². The van der Waals surface area contributed by atoms with Crippen LogP contribution < -0.4 is 15.0 Å². The zero-order valence-electron chi connectivity index (χ0n) is 22.5. The molecule has 2 aliphatic rings. The monoisotopic (exact) mass is 525 g/mol. The summed E-state index contributed by atoms with van der Waals surface area (Å²) < 4.78 is 51.1. The van der Waals surface area contributed by atoms with E-state index in [2.05, 4.69) is 27.2 Å². The minimum Gasteiger partial charge on any atom is -0.481 e. The minimum atomic E-state index is -0.688. The lowest BCUT2D eigenvalue weighted by Crippen LogP contribution is -2.49. The summed E-state index contributed by atoms with van der Waals surface area (Å²) in [6.45, 7) is 10.3. The number of ether oxygens (including phenoxy) is 1. The smallest absolute Gasteiger partial charge is 0.227 e. The third-order valence-corrected chi connectivity index (χ3v) is 7.32. The maximum atomic E-state index is 15.3. The van der Waals surface area contributed by atoms with E-state index in [9.17, 15) is 8.78 Å². The molecule has 3 heterocycles. The second-order valence-corrected chi connectivity index (χ2v) is 11.2. The van der Waals surface area contributed by atoms with Crippen molar-refractivity contribution in [2.45, 2.75) is 58.1 Å². The fourth-order valence-electron chi connectivity index (χ4n) is 5.31. The molecule has 0 radical (unpaired) electrons. The van der Waals surface area contributed by atoms with Crippen LogP contribution in [0.5, 0.6) is 5.75 Å². The average molecular weight is 526 g/mol. The SMILES string of the molecule is CC(C)N1CC(C)(C)Oc2c(F)cc(-c3nc(Nc4ccc(C5CCN(C)CC5)c(F)c4)ncc3F)cc21. The second kappa shape index (κ2) is 10.1. The second-order valence-electron chi connectivity index (χ2n) is 11.2. The first-order valence-corrected chi connectivity index (χ1v) is 13.1. The Balaban J connectivity index is 1.43. The number of nitrogens with one attached hydrogen (secondary N) is 1. The van der Waals surface area contributed by atoms with Gasteiger partial charge in [-0.3, -0.25) is 0 Å². The largest absolute Gasteiger partial charge is 0.481 e. The predicted molar refractivity (Wildman–Crippen MR) is 144 cm³/mol. The van der Waals surface area contributed by atoms with Gasteiger partial charge < -0.3 is 19.9 Å². The summed E-state index contributed by atoms with van der Waals surface area (Å²) in [4.78, 5) is 12.6. The Kier molecular flexibility index (Phi) is 6.98. The number of nitrogens with zero attached hydrogens (tertiary/aromatic N) is 4. The van der Waals surface area contributed by atoms with E-state index in [1.807, 2.05) is 32.6 Å². The van der Waals surface area contributed by atoms with Crippen LogP contribution in [0.1, 0.15) is 52.0 Å². The molecule has 202 valence electrons. The molecule has 0 amide bonds. The molecule has 0 spiro atoms. The lowest BCUT2D eigenvalue weighted by molar-refractivity contribution is 0.0967. The van der Waals surface area contributed by atoms with Gasteiger partial charge in [-0.15, -0.1) is 0 Å². The molecule has 0 saturated carbocycles. The number of hydrogen-bond donors (Lipinski definition) is 1. The fourth-order valence-corrected chi connectivity index (χ4v) is 5.31. The van der Waals surface area contributed by atoms with Crippen LogP contribution in [0.15, 0.2) is 36.5 Å². The number of piperidine rings is 1. The van der Waals surface area contributed by atoms with Crippen molar-refractivity contribution in [3.8, 4) is 17.0 Å². The Bertz CT molecular complexity index is 1340. The number of hydrogen-bond acceptors (Lipinski definition) is 6. The number of rotatable bonds is 5. The van der Waals surface area contributed by atoms with Crippen molar-refractivity contribution >= 4 is 17.3 Å². The van der Waals surface area contributed by atoms with Crippen LogP contribution in [0.3, 0.4) is 0 Å². The summed E-state index contributed by atoms with van der Waals surface area (Å²) in [5, 5.41) is 2.97. The number of halogens is 3. The van der Waals surface area contributed by atoms with Crippen molar-refractivity contribution in [1.29, 1.82) is 0 Å². The molecule has 0 aliphatic carbocycles. The fraction of sp³-hybridized carbons (Fsp3) is 0.448. The molecule has 6 nitrogen and oxygen atoms in total. The molecule has 2 aromatic carbocycles. The molecular formula is C29H34F3N5O. The maximum absolute atomic E-state index is 15.3. The first-order valence-electron chi connectivity index (χ1n) is 13.1. The van der Waals surface area contributed by atoms with E-state index < -0.39 is 17.2 Å². The summed E-state index contributed by atoms with van der Waals surface area (Å²) >= 11 is 0. The zero-order chi connectivity index (χ0) is 27.2. The molecule has 1 N–H and O–H groups in total. The first kappa shape index (κ1) is 26.3. The molecular weight excluding hydrogens is 491 g/mol. The highest BCUT2D eigenvalue weighted by Gasteiger charge is 2.35. The maximum Gasteiger partial charge on any atom is 0.227 e. The van der Waals surface area contributed by atoms with Gasteiger partial charge in [0.15, 0.2) is 17.4 Å². The Labute approximate surface area is 221 Å². The molecule has 9 heteroatoms. The zero-order valence-corrected chi connectivity index (χ0v) is 22.5. The van der Waals surface area contributed by atoms with Gasteiger partial charge in [0.1, 0.15) is 17.1 Å². The highest BCUT2D eigenvalue weighted by atomic mass is 19.1. The van der Waals surface area contributed by atoms with Crippen LogP contribution in [0.4, 0.5) is 30.5 Å². The van der Waals surface area contributed by atoms with Crippen LogP contribution in [0, 0.1) is 17.5 Å². The van der Waals surface area contributed by atoms with Gasteiger partial charge >= 0.3 is 0 Å². The molecule has 1 aromatic heterocycles. The average Bonchev–Trinajstić information content (AvgIpc) is 2.85. The van der Waals surface area contributed by atoms with Crippen molar-refractivity contribution in [3.63, 3.8) is 0 Å². The lowest BCUT2D eigenvalue weighted by atomic mass is 9.89. The number of benzene rings is 2. The van der Waals surface area contributed by atoms with E-state index >= 15 is 4.39 Å². The van der Waals surface area contributed by atoms with Crippen LogP contribution in [-0.2, 0) is 0 Å². The van der Waals surface area contributed by atoms with E-state index in [4.69, 9.17) is 4.74 Å². The first-order chi connectivity index (χ1) is 18.0. The van der Waals surface area contributed by atoms with Gasteiger partial charge in [-0.05, 0) is 96.4 Å². The lowest BCUT2D eigenvalue weighted by Gasteiger charge is -2.43. The molecule has 38 heavy (non-hydrogen) atoms. The van der Waals surface area contributed by atoms with Gasteiger partial charge in [0, 0.05) is 17.3 Å². The third kappa shape index (κ3) is 5.29. The van der Waals surface area contributed by atoms with E-state index in [1.54, 1.807) is 18.2 Å². The van der Waals surface area contributed by atoms with E-state index in [-0.39, 0.29) is 40.7 Å². The van der Waals surface area contributed by atoms with Crippen LogP contribution in [0.25, 0.3) is 11.3 Å². The molecule has 0 unspecified atom stereocenters. The van der Waals surface area contributed by atoms with Gasteiger partial charge in [0.25, 0.3) is 0 Å².